The summed E-state index contributed by atoms with van der Waals surface area (Å²) in [5, 5.41) is 6.90. The summed E-state index contributed by atoms with van der Waals surface area (Å²) in [4.78, 5) is 11.8. The molecule has 7 nitrogen and oxygen atoms in total. The molecule has 0 aliphatic carbocycles. The van der Waals surface area contributed by atoms with Crippen LogP contribution in [0.1, 0.15) is 50.0 Å². The average molecular weight is 555 g/mol. The molecular weight excluding hydrogens is 515 g/mol. The molecule has 2 aromatic rings. The maximum Gasteiger partial charge on any atom is 0.191 e. The van der Waals surface area contributed by atoms with Gasteiger partial charge in [0.05, 0.1) is 19.7 Å². The molecule has 1 atom stereocenters. The molecule has 0 bridgehead atoms. The van der Waals surface area contributed by atoms with Gasteiger partial charge >= 0.3 is 0 Å². The van der Waals surface area contributed by atoms with E-state index in [-0.39, 0.29) is 30.0 Å². The zero-order chi connectivity index (χ0) is 21.9. The van der Waals surface area contributed by atoms with Crippen molar-refractivity contribution < 1.29 is 4.74 Å². The van der Waals surface area contributed by atoms with Crippen molar-refractivity contribution in [2.45, 2.75) is 52.1 Å². The maximum atomic E-state index is 5.66. The first-order valence-electron chi connectivity index (χ1n) is 11.6. The number of aliphatic imine (C=N–C) groups is 1. The van der Waals surface area contributed by atoms with E-state index in [0.717, 1.165) is 63.1 Å². The Bertz CT molecular complexity index is 818. The highest BCUT2D eigenvalue weighted by Gasteiger charge is 2.25. The van der Waals surface area contributed by atoms with Gasteiger partial charge in [0.15, 0.2) is 5.96 Å². The highest BCUT2D eigenvalue weighted by Crippen LogP contribution is 2.31. The van der Waals surface area contributed by atoms with Crippen LogP contribution in [-0.2, 0) is 6.54 Å². The van der Waals surface area contributed by atoms with Gasteiger partial charge < -0.3 is 19.9 Å². The number of imidazole rings is 1. The number of para-hydroxylation sites is 1. The molecule has 1 aromatic carbocycles. The molecule has 1 unspecified atom stereocenters. The second-order valence-corrected chi connectivity index (χ2v) is 8.02. The molecule has 1 aliphatic rings. The second-order valence-electron chi connectivity index (χ2n) is 8.02. The largest absolute Gasteiger partial charge is 0.496 e. The molecule has 3 rings (SSSR count). The molecule has 1 fully saturated rings. The fourth-order valence-electron chi connectivity index (χ4n) is 4.18. The number of aromatic nitrogens is 2. The van der Waals surface area contributed by atoms with E-state index in [1.54, 1.807) is 7.11 Å². The Morgan fingerprint density at radius 3 is 2.66 bits per heavy atom. The molecule has 2 heterocycles. The minimum Gasteiger partial charge on any atom is -0.496 e. The van der Waals surface area contributed by atoms with Crippen LogP contribution in [0.3, 0.4) is 0 Å². The summed E-state index contributed by atoms with van der Waals surface area (Å²) in [5.41, 5.74) is 1.22. The molecule has 0 radical (unpaired) electrons. The number of hydrogen-bond donors (Lipinski definition) is 2. The Balaban J connectivity index is 0.00000363. The summed E-state index contributed by atoms with van der Waals surface area (Å²) in [7, 11) is 1.75. The number of halogens is 1. The highest BCUT2D eigenvalue weighted by atomic mass is 127. The van der Waals surface area contributed by atoms with E-state index in [1.807, 2.05) is 31.5 Å². The van der Waals surface area contributed by atoms with E-state index < -0.39 is 0 Å². The van der Waals surface area contributed by atoms with Gasteiger partial charge in [-0.3, -0.25) is 9.89 Å². The number of likely N-dealkylation sites (tertiary alicyclic amines) is 1. The molecule has 8 heteroatoms. The van der Waals surface area contributed by atoms with E-state index in [1.165, 1.54) is 18.4 Å². The molecule has 0 saturated carbocycles. The van der Waals surface area contributed by atoms with Crippen LogP contribution in [0.15, 0.2) is 41.7 Å². The fraction of sp³-hybridized carbons (Fsp3) is 0.583. The predicted octanol–water partition coefficient (Wildman–Crippen LogP) is 3.99. The lowest BCUT2D eigenvalue weighted by Gasteiger charge is -2.28. The Morgan fingerprint density at radius 1 is 1.19 bits per heavy atom. The molecule has 1 saturated heterocycles. The maximum absolute atomic E-state index is 5.66. The number of unbranched alkanes of at least 4 members (excludes halogenated alkanes) is 1. The Labute approximate surface area is 210 Å². The molecule has 1 aliphatic heterocycles. The first-order valence-corrected chi connectivity index (χ1v) is 11.6. The van der Waals surface area contributed by atoms with Crippen LogP contribution < -0.4 is 15.4 Å². The standard InChI is InChI=1S/C24H38N6O.HI/c1-4-25-24(27-13-7-8-15-29-18-14-26-20(29)2)28-19-22(30-16-9-10-17-30)21-11-5-6-12-23(21)31-3;/h5-6,11-12,14,18,22H,4,7-10,13,15-17,19H2,1-3H3,(H2,25,27,28);1H. The SMILES string of the molecule is CCNC(=NCC(c1ccccc1OC)N1CCCC1)NCCCCn1ccnc1C.I. The van der Waals surface area contributed by atoms with Gasteiger partial charge in [0, 0.05) is 37.6 Å². The monoisotopic (exact) mass is 554 g/mol. The van der Waals surface area contributed by atoms with Gasteiger partial charge in [-0.15, -0.1) is 24.0 Å². The van der Waals surface area contributed by atoms with Crippen molar-refractivity contribution in [1.82, 2.24) is 25.1 Å². The fourth-order valence-corrected chi connectivity index (χ4v) is 4.18. The first-order chi connectivity index (χ1) is 15.2. The topological polar surface area (TPSA) is 66.7 Å². The van der Waals surface area contributed by atoms with E-state index in [9.17, 15) is 0 Å². The summed E-state index contributed by atoms with van der Waals surface area (Å²) in [5.74, 6) is 2.91. The average Bonchev–Trinajstić information content (AvgIpc) is 3.46. The van der Waals surface area contributed by atoms with Gasteiger partial charge in [0.1, 0.15) is 11.6 Å². The van der Waals surface area contributed by atoms with Gasteiger partial charge in [-0.1, -0.05) is 18.2 Å². The van der Waals surface area contributed by atoms with Crippen molar-refractivity contribution >= 4 is 29.9 Å². The number of aryl methyl sites for hydroxylation is 2. The van der Waals surface area contributed by atoms with Gasteiger partial charge in [0.25, 0.3) is 0 Å². The Morgan fingerprint density at radius 2 is 1.97 bits per heavy atom. The van der Waals surface area contributed by atoms with Crippen LogP contribution in [0.4, 0.5) is 0 Å². The van der Waals surface area contributed by atoms with E-state index in [4.69, 9.17) is 9.73 Å². The third-order valence-electron chi connectivity index (χ3n) is 5.89. The number of ether oxygens (including phenoxy) is 1. The van der Waals surface area contributed by atoms with E-state index >= 15 is 0 Å². The van der Waals surface area contributed by atoms with Crippen molar-refractivity contribution in [3.05, 3.63) is 48.0 Å². The lowest BCUT2D eigenvalue weighted by molar-refractivity contribution is 0.245. The summed E-state index contributed by atoms with van der Waals surface area (Å²) in [6, 6.07) is 8.58. The van der Waals surface area contributed by atoms with Gasteiger partial charge in [-0.25, -0.2) is 4.98 Å². The third kappa shape index (κ3) is 7.65. The zero-order valence-corrected chi connectivity index (χ0v) is 22.0. The normalized spacial score (nSPS) is 15.3. The number of guanidine groups is 1. The number of nitrogens with zero attached hydrogens (tertiary/aromatic N) is 4. The van der Waals surface area contributed by atoms with Gasteiger partial charge in [0.2, 0.25) is 0 Å². The lowest BCUT2D eigenvalue weighted by atomic mass is 10.0. The van der Waals surface area contributed by atoms with Crippen LogP contribution in [0, 0.1) is 6.92 Å². The lowest BCUT2D eigenvalue weighted by Crippen LogP contribution is -2.39. The Hall–Kier alpha value is -1.81. The van der Waals surface area contributed by atoms with E-state index in [2.05, 4.69) is 44.1 Å². The van der Waals surface area contributed by atoms with Crippen LogP contribution in [0.2, 0.25) is 0 Å². The highest BCUT2D eigenvalue weighted by molar-refractivity contribution is 14.0. The molecular formula is C24H39IN6O. The van der Waals surface area contributed by atoms with Gasteiger partial charge in [-0.2, -0.15) is 0 Å². The second kappa shape index (κ2) is 14.4. The minimum atomic E-state index is 0. The molecule has 2 N–H and O–H groups in total. The summed E-state index contributed by atoms with van der Waals surface area (Å²) >= 11 is 0. The third-order valence-corrected chi connectivity index (χ3v) is 5.89. The molecule has 0 spiro atoms. The zero-order valence-electron chi connectivity index (χ0n) is 19.7. The smallest absolute Gasteiger partial charge is 0.191 e. The summed E-state index contributed by atoms with van der Waals surface area (Å²) in [6.45, 7) is 9.87. The number of benzene rings is 1. The van der Waals surface area contributed by atoms with Crippen LogP contribution in [0.5, 0.6) is 5.75 Å². The quantitative estimate of drug-likeness (QED) is 0.190. The van der Waals surface area contributed by atoms with E-state index in [0.29, 0.717) is 6.54 Å². The minimum absolute atomic E-state index is 0. The molecule has 32 heavy (non-hydrogen) atoms. The van der Waals surface area contributed by atoms with Crippen molar-refractivity contribution in [3.8, 4) is 5.75 Å². The van der Waals surface area contributed by atoms with Crippen molar-refractivity contribution in [2.24, 2.45) is 4.99 Å². The van der Waals surface area contributed by atoms with Crippen LogP contribution >= 0.6 is 24.0 Å². The van der Waals surface area contributed by atoms with Crippen molar-refractivity contribution in [1.29, 1.82) is 0 Å². The molecule has 0 amide bonds. The first kappa shape index (κ1) is 26.4. The molecule has 178 valence electrons. The van der Waals surface area contributed by atoms with Crippen LogP contribution in [0.25, 0.3) is 0 Å². The number of nitrogens with one attached hydrogen (secondary N) is 2. The Kier molecular flexibility index (Phi) is 11.9. The number of methoxy groups -OCH3 is 1. The summed E-state index contributed by atoms with van der Waals surface area (Å²) < 4.78 is 7.86. The van der Waals surface area contributed by atoms with Crippen molar-refractivity contribution in [3.63, 3.8) is 0 Å². The van der Waals surface area contributed by atoms with Crippen LogP contribution in [-0.4, -0.2) is 60.2 Å². The molecule has 1 aromatic heterocycles. The van der Waals surface area contributed by atoms with Crippen molar-refractivity contribution in [2.75, 3.05) is 39.8 Å². The van der Waals surface area contributed by atoms with Gasteiger partial charge in [-0.05, 0) is 58.7 Å². The summed E-state index contributed by atoms with van der Waals surface area (Å²) in [6.07, 6.45) is 8.62. The number of hydrogen-bond acceptors (Lipinski definition) is 4. The number of rotatable bonds is 11. The predicted molar refractivity (Wildman–Crippen MR) is 142 cm³/mol.